The lowest BCUT2D eigenvalue weighted by Gasteiger charge is -2.36. The number of nitrogens with one attached hydrogen (secondary N) is 1. The molecule has 1 heterocycles. The summed E-state index contributed by atoms with van der Waals surface area (Å²) in [7, 11) is 1.64. The third-order valence-corrected chi connectivity index (χ3v) is 9.87. The highest BCUT2D eigenvalue weighted by atomic mass is 32.2. The first kappa shape index (κ1) is 38.4. The van der Waals surface area contributed by atoms with E-state index in [-0.39, 0.29) is 49.1 Å². The summed E-state index contributed by atoms with van der Waals surface area (Å²) in [5, 5.41) is 11.8. The van der Waals surface area contributed by atoms with Gasteiger partial charge in [-0.15, -0.1) is 0 Å². The summed E-state index contributed by atoms with van der Waals surface area (Å²) in [6.45, 7) is 6.10. The van der Waals surface area contributed by atoms with Gasteiger partial charge in [-0.3, -0.25) is 9.36 Å². The van der Waals surface area contributed by atoms with Crippen molar-refractivity contribution in [3.63, 3.8) is 0 Å². The standard InChI is InChI=1S/C38H44F3N3O6S/c1-25-21-27(6-11-34(25)47-3)38(2)12-4-5-33-35(38)44(29-9-7-28(39)8-10-29)37(43-33)51-24-30-31(40)22-26(23-32(30)41)36(46)42-13-15-48-17-19-50-20-18-49-16-14-45/h6-11,21-23,45H,4-5,12-20,24H2,1-3H3,(H,42,46). The second kappa shape index (κ2) is 18.1. The van der Waals surface area contributed by atoms with Crippen LogP contribution in [0.4, 0.5) is 13.2 Å². The van der Waals surface area contributed by atoms with Gasteiger partial charge in [-0.05, 0) is 86.7 Å². The Morgan fingerprint density at radius 3 is 2.27 bits per heavy atom. The van der Waals surface area contributed by atoms with Crippen LogP contribution in [0.3, 0.4) is 0 Å². The van der Waals surface area contributed by atoms with Crippen molar-refractivity contribution in [3.8, 4) is 11.4 Å². The van der Waals surface area contributed by atoms with E-state index >= 15 is 8.78 Å². The maximum Gasteiger partial charge on any atom is 0.251 e. The molecule has 0 fully saturated rings. The molecule has 0 saturated heterocycles. The highest BCUT2D eigenvalue weighted by Crippen LogP contribution is 2.46. The van der Waals surface area contributed by atoms with Gasteiger partial charge in [0.25, 0.3) is 5.91 Å². The average molecular weight is 728 g/mol. The molecule has 1 amide bonds. The van der Waals surface area contributed by atoms with Crippen LogP contribution in [0.15, 0.2) is 59.8 Å². The SMILES string of the molecule is COc1ccc(C2(C)CCCc3nc(SCc4c(F)cc(C(=O)NCCOCCOCCOCCO)cc4F)n(-c4ccc(F)cc4)c32)cc1C. The molecule has 9 nitrogen and oxygen atoms in total. The van der Waals surface area contributed by atoms with Crippen LogP contribution in [-0.4, -0.2) is 80.5 Å². The molecule has 0 spiro atoms. The highest BCUT2D eigenvalue weighted by Gasteiger charge is 2.40. The number of aliphatic hydroxyl groups is 1. The summed E-state index contributed by atoms with van der Waals surface area (Å²) in [6, 6.07) is 14.3. The van der Waals surface area contributed by atoms with Crippen LogP contribution in [0.25, 0.3) is 5.69 Å². The van der Waals surface area contributed by atoms with Crippen LogP contribution in [-0.2, 0) is 31.8 Å². The summed E-state index contributed by atoms with van der Waals surface area (Å²) < 4.78 is 68.2. The van der Waals surface area contributed by atoms with Crippen LogP contribution in [0.5, 0.6) is 5.75 Å². The Kier molecular flexibility index (Phi) is 13.6. The predicted molar refractivity (Wildman–Crippen MR) is 188 cm³/mol. The highest BCUT2D eigenvalue weighted by molar-refractivity contribution is 7.98. The fourth-order valence-electron chi connectivity index (χ4n) is 6.29. The van der Waals surface area contributed by atoms with E-state index in [0.717, 1.165) is 59.7 Å². The van der Waals surface area contributed by atoms with Gasteiger partial charge in [0.05, 0.1) is 64.7 Å². The minimum absolute atomic E-state index is 0.0434. The van der Waals surface area contributed by atoms with E-state index in [2.05, 4.69) is 24.4 Å². The number of rotatable bonds is 18. The molecule has 1 aromatic heterocycles. The van der Waals surface area contributed by atoms with E-state index in [1.54, 1.807) is 19.2 Å². The minimum Gasteiger partial charge on any atom is -0.496 e. The second-order valence-corrected chi connectivity index (χ2v) is 13.3. The van der Waals surface area contributed by atoms with Gasteiger partial charge in [-0.2, -0.15) is 0 Å². The first-order chi connectivity index (χ1) is 24.7. The first-order valence-corrected chi connectivity index (χ1v) is 17.9. The Morgan fingerprint density at radius 1 is 0.961 bits per heavy atom. The second-order valence-electron chi connectivity index (χ2n) is 12.4. The molecule has 0 saturated carbocycles. The van der Waals surface area contributed by atoms with Crippen molar-refractivity contribution in [1.29, 1.82) is 0 Å². The lowest BCUT2D eigenvalue weighted by molar-refractivity contribution is 0.00825. The number of fused-ring (bicyclic) bond motifs is 1. The normalized spacial score (nSPS) is 15.5. The monoisotopic (exact) mass is 727 g/mol. The number of amides is 1. The van der Waals surface area contributed by atoms with Gasteiger partial charge in [0, 0.05) is 34.5 Å². The largest absolute Gasteiger partial charge is 0.496 e. The molecule has 1 unspecified atom stereocenters. The lowest BCUT2D eigenvalue weighted by atomic mass is 9.71. The van der Waals surface area contributed by atoms with Crippen LogP contribution < -0.4 is 10.1 Å². The maximum absolute atomic E-state index is 15.4. The van der Waals surface area contributed by atoms with E-state index in [0.29, 0.717) is 37.3 Å². The van der Waals surface area contributed by atoms with Crippen LogP contribution >= 0.6 is 11.8 Å². The number of carbonyl (C=O) groups excluding carboxylic acids is 1. The quantitative estimate of drug-likeness (QED) is 0.0909. The maximum atomic E-state index is 15.4. The van der Waals surface area contributed by atoms with Gasteiger partial charge in [-0.25, -0.2) is 18.2 Å². The van der Waals surface area contributed by atoms with E-state index < -0.39 is 23.0 Å². The number of methoxy groups -OCH3 is 1. The molecule has 5 rings (SSSR count). The van der Waals surface area contributed by atoms with Crippen molar-refractivity contribution in [3.05, 3.63) is 106 Å². The number of ether oxygens (including phenoxy) is 4. The summed E-state index contributed by atoms with van der Waals surface area (Å²) in [4.78, 5) is 17.7. The van der Waals surface area contributed by atoms with Crippen LogP contribution in [0.2, 0.25) is 0 Å². The van der Waals surface area contributed by atoms with Gasteiger partial charge in [0.1, 0.15) is 23.2 Å². The zero-order chi connectivity index (χ0) is 36.4. The number of halogens is 3. The number of imidazole rings is 1. The summed E-state index contributed by atoms with van der Waals surface area (Å²) in [6.07, 6.45) is 2.47. The van der Waals surface area contributed by atoms with Gasteiger partial charge >= 0.3 is 0 Å². The molecule has 3 aromatic carbocycles. The minimum atomic E-state index is -0.841. The van der Waals surface area contributed by atoms with Crippen LogP contribution in [0, 0.1) is 24.4 Å². The number of thioether (sulfide) groups is 1. The van der Waals surface area contributed by atoms with Gasteiger partial charge in [-0.1, -0.05) is 23.9 Å². The number of hydrogen-bond acceptors (Lipinski definition) is 8. The van der Waals surface area contributed by atoms with Crippen molar-refractivity contribution in [2.24, 2.45) is 0 Å². The number of carbonyl (C=O) groups is 1. The zero-order valence-corrected chi connectivity index (χ0v) is 29.9. The Bertz CT molecular complexity index is 1760. The molecular formula is C38H44F3N3O6S. The fraction of sp³-hybridized carbons (Fsp3) is 0.421. The number of aryl methyl sites for hydroxylation is 2. The molecular weight excluding hydrogens is 683 g/mol. The Balaban J connectivity index is 1.29. The van der Waals surface area contributed by atoms with Crippen molar-refractivity contribution < 1.29 is 42.0 Å². The molecule has 1 atom stereocenters. The number of benzene rings is 3. The molecule has 0 aliphatic heterocycles. The third-order valence-electron chi connectivity index (χ3n) is 8.91. The van der Waals surface area contributed by atoms with Gasteiger partial charge < -0.3 is 29.4 Å². The van der Waals surface area contributed by atoms with Crippen molar-refractivity contribution in [2.75, 3.05) is 59.9 Å². The van der Waals surface area contributed by atoms with Gasteiger partial charge in [0.2, 0.25) is 0 Å². The lowest BCUT2D eigenvalue weighted by Crippen LogP contribution is -2.31. The zero-order valence-electron chi connectivity index (χ0n) is 29.1. The molecule has 13 heteroatoms. The van der Waals surface area contributed by atoms with Crippen molar-refractivity contribution in [1.82, 2.24) is 14.9 Å². The Morgan fingerprint density at radius 2 is 1.63 bits per heavy atom. The van der Waals surface area contributed by atoms with Crippen molar-refractivity contribution >= 4 is 17.7 Å². The Hall–Kier alpha value is -3.88. The fourth-order valence-corrected chi connectivity index (χ4v) is 7.34. The Labute approximate surface area is 300 Å². The molecule has 2 N–H and O–H groups in total. The van der Waals surface area contributed by atoms with E-state index in [9.17, 15) is 9.18 Å². The smallest absolute Gasteiger partial charge is 0.251 e. The van der Waals surface area contributed by atoms with Crippen LogP contribution in [0.1, 0.15) is 58.2 Å². The first-order valence-electron chi connectivity index (χ1n) is 16.9. The van der Waals surface area contributed by atoms with E-state index in [4.69, 9.17) is 29.0 Å². The van der Waals surface area contributed by atoms with Crippen molar-refractivity contribution in [2.45, 2.75) is 49.4 Å². The molecule has 1 aliphatic rings. The molecule has 0 bridgehead atoms. The topological polar surface area (TPSA) is 104 Å². The third kappa shape index (κ3) is 9.32. The van der Waals surface area contributed by atoms with Gasteiger partial charge in [0.15, 0.2) is 5.16 Å². The molecule has 0 radical (unpaired) electrons. The summed E-state index contributed by atoms with van der Waals surface area (Å²) in [5.41, 5.74) is 3.86. The summed E-state index contributed by atoms with van der Waals surface area (Å²) in [5.74, 6) is -1.98. The molecule has 274 valence electrons. The number of nitrogens with zero attached hydrogens (tertiary/aromatic N) is 2. The van der Waals surface area contributed by atoms with E-state index in [1.807, 2.05) is 17.6 Å². The predicted octanol–water partition coefficient (Wildman–Crippen LogP) is 6.31. The van der Waals surface area contributed by atoms with E-state index in [1.165, 1.54) is 23.9 Å². The number of aliphatic hydroxyl groups excluding tert-OH is 1. The summed E-state index contributed by atoms with van der Waals surface area (Å²) >= 11 is 1.18. The number of hydrogen-bond donors (Lipinski definition) is 2. The molecule has 1 aliphatic carbocycles. The number of aromatic nitrogens is 2. The molecule has 51 heavy (non-hydrogen) atoms. The molecule has 4 aromatic rings. The average Bonchev–Trinajstić information content (AvgIpc) is 3.50.